The van der Waals surface area contributed by atoms with Gasteiger partial charge in [0.2, 0.25) is 0 Å². The Kier molecular flexibility index (Phi) is 23.9. The summed E-state index contributed by atoms with van der Waals surface area (Å²) < 4.78 is 5.91. The first-order chi connectivity index (χ1) is 14.5. The molecular formula is C28H50O2. The predicted molar refractivity (Wildman–Crippen MR) is 138 cm³/mol. The van der Waals surface area contributed by atoms with Crippen LogP contribution in [0.25, 0.3) is 11.3 Å². The van der Waals surface area contributed by atoms with Gasteiger partial charge in [0.1, 0.15) is 17.3 Å². The van der Waals surface area contributed by atoms with E-state index in [1.165, 1.54) is 17.6 Å². The lowest BCUT2D eigenvalue weighted by molar-refractivity contribution is -0.118. The summed E-state index contributed by atoms with van der Waals surface area (Å²) in [5, 5.41) is 0. The fourth-order valence-corrected chi connectivity index (χ4v) is 2.62. The number of carbonyl (C=O) groups is 1. The molecular weight excluding hydrogens is 368 g/mol. The molecule has 1 heterocycles. The maximum Gasteiger partial charge on any atom is 0.136 e. The SMILES string of the molecule is C=C1OC(CCCC)=C(C)c2ccc(CC(=O)CC)cc21.CC.CC.CC.CCC. The van der Waals surface area contributed by atoms with Gasteiger partial charge in [0.05, 0.1) is 0 Å². The van der Waals surface area contributed by atoms with Crippen molar-refractivity contribution in [2.75, 3.05) is 0 Å². The number of rotatable bonds is 6. The van der Waals surface area contributed by atoms with Gasteiger partial charge in [-0.05, 0) is 36.1 Å². The summed E-state index contributed by atoms with van der Waals surface area (Å²) in [5.41, 5.74) is 4.44. The molecule has 0 bridgehead atoms. The fraction of sp³-hybridized carbons (Fsp3) is 0.607. The maximum absolute atomic E-state index is 11.6. The summed E-state index contributed by atoms with van der Waals surface area (Å²) in [5.74, 6) is 1.99. The number of hydrogen-bond donors (Lipinski definition) is 0. The van der Waals surface area contributed by atoms with Gasteiger partial charge in [0.25, 0.3) is 0 Å². The van der Waals surface area contributed by atoms with Crippen LogP contribution in [-0.4, -0.2) is 5.78 Å². The first kappa shape index (κ1) is 32.8. The van der Waals surface area contributed by atoms with Gasteiger partial charge >= 0.3 is 0 Å². The predicted octanol–water partition coefficient (Wildman–Crippen LogP) is 9.63. The second kappa shape index (κ2) is 21.9. The van der Waals surface area contributed by atoms with E-state index in [0.717, 1.165) is 36.1 Å². The second-order valence-electron chi connectivity index (χ2n) is 6.33. The molecule has 174 valence electrons. The zero-order chi connectivity index (χ0) is 24.1. The standard InChI is InChI=1S/C19H24O2.C3H8.3C2H6/c1-5-7-8-19-13(3)17-10-9-15(11-16(20)6-2)12-18(17)14(4)21-19;1-3-2;3*1-2/h9-10,12H,4-8,11H2,1-3H3;3H2,1-2H3;3*1-2H3. The largest absolute Gasteiger partial charge is 0.461 e. The summed E-state index contributed by atoms with van der Waals surface area (Å²) in [6.07, 6.45) is 5.55. The van der Waals surface area contributed by atoms with Crippen LogP contribution in [0.1, 0.15) is 125 Å². The number of carbonyl (C=O) groups excluding carboxylic acids is 1. The smallest absolute Gasteiger partial charge is 0.136 e. The number of unbranched alkanes of at least 4 members (excludes halogenated alkanes) is 1. The summed E-state index contributed by atoms with van der Waals surface area (Å²) in [7, 11) is 0. The van der Waals surface area contributed by atoms with E-state index in [1.807, 2.05) is 60.6 Å². The van der Waals surface area contributed by atoms with Crippen LogP contribution in [0, 0.1) is 0 Å². The quantitative estimate of drug-likeness (QED) is 0.459. The van der Waals surface area contributed by atoms with E-state index in [9.17, 15) is 4.79 Å². The minimum Gasteiger partial charge on any atom is -0.461 e. The van der Waals surface area contributed by atoms with Crippen LogP contribution in [0.5, 0.6) is 0 Å². The van der Waals surface area contributed by atoms with Crippen LogP contribution in [0.3, 0.4) is 0 Å². The van der Waals surface area contributed by atoms with Gasteiger partial charge < -0.3 is 4.74 Å². The lowest BCUT2D eigenvalue weighted by Crippen LogP contribution is -2.07. The van der Waals surface area contributed by atoms with Crippen molar-refractivity contribution in [1.29, 1.82) is 0 Å². The first-order valence-electron chi connectivity index (χ1n) is 12.2. The molecule has 0 radical (unpaired) electrons. The number of allylic oxidation sites excluding steroid dienone is 2. The molecule has 0 aliphatic carbocycles. The number of ketones is 1. The lowest BCUT2D eigenvalue weighted by Gasteiger charge is -2.24. The maximum atomic E-state index is 11.6. The Morgan fingerprint density at radius 3 is 1.93 bits per heavy atom. The highest BCUT2D eigenvalue weighted by atomic mass is 16.5. The summed E-state index contributed by atoms with van der Waals surface area (Å²) >= 11 is 0. The molecule has 0 N–H and O–H groups in total. The number of benzene rings is 1. The van der Waals surface area contributed by atoms with E-state index in [0.29, 0.717) is 18.6 Å². The van der Waals surface area contributed by atoms with E-state index in [1.54, 1.807) is 0 Å². The first-order valence-corrected chi connectivity index (χ1v) is 12.2. The van der Waals surface area contributed by atoms with E-state index < -0.39 is 0 Å². The van der Waals surface area contributed by atoms with Crippen molar-refractivity contribution < 1.29 is 9.53 Å². The lowest BCUT2D eigenvalue weighted by atomic mass is 9.92. The topological polar surface area (TPSA) is 26.3 Å². The van der Waals surface area contributed by atoms with Crippen LogP contribution >= 0.6 is 0 Å². The van der Waals surface area contributed by atoms with Gasteiger partial charge in [0, 0.05) is 24.8 Å². The van der Waals surface area contributed by atoms with Crippen molar-refractivity contribution in [3.63, 3.8) is 0 Å². The Hall–Kier alpha value is -1.83. The van der Waals surface area contributed by atoms with Gasteiger partial charge in [-0.25, -0.2) is 0 Å². The molecule has 1 aliphatic heterocycles. The highest BCUT2D eigenvalue weighted by Crippen LogP contribution is 2.37. The van der Waals surface area contributed by atoms with Gasteiger partial charge in [0.15, 0.2) is 0 Å². The van der Waals surface area contributed by atoms with Crippen LogP contribution in [0.15, 0.2) is 30.5 Å². The molecule has 1 aromatic rings. The van der Waals surface area contributed by atoms with Crippen LogP contribution in [-0.2, 0) is 16.0 Å². The Labute approximate surface area is 188 Å². The van der Waals surface area contributed by atoms with E-state index in [2.05, 4.69) is 40.3 Å². The monoisotopic (exact) mass is 418 g/mol. The van der Waals surface area contributed by atoms with Crippen molar-refractivity contribution in [3.8, 4) is 0 Å². The van der Waals surface area contributed by atoms with Crippen LogP contribution < -0.4 is 0 Å². The molecule has 0 amide bonds. The zero-order valence-electron chi connectivity index (χ0n) is 22.0. The number of fused-ring (bicyclic) bond motifs is 1. The number of ether oxygens (including phenoxy) is 1. The summed E-state index contributed by atoms with van der Waals surface area (Å²) in [4.78, 5) is 11.6. The van der Waals surface area contributed by atoms with Crippen molar-refractivity contribution in [3.05, 3.63) is 47.2 Å². The average molecular weight is 419 g/mol. The number of hydrogen-bond acceptors (Lipinski definition) is 2. The van der Waals surface area contributed by atoms with E-state index in [4.69, 9.17) is 4.74 Å². The number of Topliss-reactive ketones (excluding diaryl/α,β-unsaturated/α-hetero) is 1. The molecule has 1 aliphatic rings. The molecule has 2 rings (SSSR count). The highest BCUT2D eigenvalue weighted by Gasteiger charge is 2.20. The minimum absolute atomic E-state index is 0.258. The van der Waals surface area contributed by atoms with Gasteiger partial charge in [-0.2, -0.15) is 0 Å². The molecule has 0 fully saturated rings. The second-order valence-corrected chi connectivity index (χ2v) is 6.33. The molecule has 0 unspecified atom stereocenters. The molecule has 30 heavy (non-hydrogen) atoms. The normalized spacial score (nSPS) is 11.0. The van der Waals surface area contributed by atoms with Gasteiger partial charge in [-0.15, -0.1) is 0 Å². The molecule has 0 spiro atoms. The van der Waals surface area contributed by atoms with E-state index in [-0.39, 0.29) is 5.78 Å². The van der Waals surface area contributed by atoms with Crippen LogP contribution in [0.2, 0.25) is 0 Å². The fourth-order valence-electron chi connectivity index (χ4n) is 2.62. The van der Waals surface area contributed by atoms with Gasteiger partial charge in [-0.3, -0.25) is 4.79 Å². The minimum atomic E-state index is 0.258. The Balaban J connectivity index is -0.000000709. The van der Waals surface area contributed by atoms with Crippen molar-refractivity contribution >= 4 is 17.1 Å². The molecule has 0 saturated carbocycles. The summed E-state index contributed by atoms with van der Waals surface area (Å²) in [6, 6.07) is 6.19. The Bertz CT molecular complexity index is 609. The molecule has 0 aromatic heterocycles. The van der Waals surface area contributed by atoms with Crippen molar-refractivity contribution in [2.45, 2.75) is 115 Å². The summed E-state index contributed by atoms with van der Waals surface area (Å²) in [6.45, 7) is 26.5. The molecule has 0 saturated heterocycles. The molecule has 2 heteroatoms. The van der Waals surface area contributed by atoms with Crippen molar-refractivity contribution in [2.24, 2.45) is 0 Å². The Morgan fingerprint density at radius 1 is 0.933 bits per heavy atom. The van der Waals surface area contributed by atoms with Crippen LogP contribution in [0.4, 0.5) is 0 Å². The molecule has 2 nitrogen and oxygen atoms in total. The third-order valence-electron chi connectivity index (χ3n) is 4.01. The highest BCUT2D eigenvalue weighted by molar-refractivity contribution is 5.84. The zero-order valence-corrected chi connectivity index (χ0v) is 22.0. The third kappa shape index (κ3) is 12.0. The van der Waals surface area contributed by atoms with E-state index >= 15 is 0 Å². The molecule has 0 atom stereocenters. The third-order valence-corrected chi connectivity index (χ3v) is 4.01. The Morgan fingerprint density at radius 2 is 1.47 bits per heavy atom. The van der Waals surface area contributed by atoms with Crippen molar-refractivity contribution in [1.82, 2.24) is 0 Å². The average Bonchev–Trinajstić information content (AvgIpc) is 2.79. The van der Waals surface area contributed by atoms with Gasteiger partial charge in [-0.1, -0.05) is 101 Å². The molecule has 1 aromatic carbocycles.